The van der Waals surface area contributed by atoms with Crippen LogP contribution in [0, 0.1) is 5.41 Å². The second-order valence-corrected chi connectivity index (χ2v) is 10.4. The molecule has 0 radical (unpaired) electrons. The molecular formula is C29H28F3N3O6. The smallest absolute Gasteiger partial charge is 0.452 e. The highest BCUT2D eigenvalue weighted by molar-refractivity contribution is 6.04. The first-order valence-electron chi connectivity index (χ1n) is 13.3. The molecule has 2 aliphatic rings. The van der Waals surface area contributed by atoms with E-state index in [1.54, 1.807) is 35.2 Å². The van der Waals surface area contributed by atoms with Crippen molar-refractivity contribution >= 4 is 23.5 Å². The molecule has 5 rings (SSSR count). The van der Waals surface area contributed by atoms with E-state index in [0.29, 0.717) is 43.7 Å². The number of hydrogen-bond donors (Lipinski definition) is 2. The van der Waals surface area contributed by atoms with Crippen LogP contribution in [0.25, 0.3) is 11.5 Å². The summed E-state index contributed by atoms with van der Waals surface area (Å²) in [6.45, 7) is 0.778. The van der Waals surface area contributed by atoms with Crippen LogP contribution in [0.3, 0.4) is 0 Å². The highest BCUT2D eigenvalue weighted by Gasteiger charge is 2.45. The SMILES string of the molecule is O=C(Nc1ccc(OC2CCN(C(=O)CC3(C(=O)O)CCCC3)C2)cc1)c1nc(-c2ccccc2)oc1C(F)(F)F. The predicted molar refractivity (Wildman–Crippen MR) is 140 cm³/mol. The van der Waals surface area contributed by atoms with Gasteiger partial charge in [0.25, 0.3) is 5.91 Å². The summed E-state index contributed by atoms with van der Waals surface area (Å²) in [6.07, 6.45) is -2.05. The van der Waals surface area contributed by atoms with E-state index in [0.717, 1.165) is 12.8 Å². The number of carbonyl (C=O) groups is 3. The number of halogens is 3. The third-order valence-corrected chi connectivity index (χ3v) is 7.54. The first-order chi connectivity index (χ1) is 19.5. The zero-order chi connectivity index (χ0) is 29.2. The van der Waals surface area contributed by atoms with Crippen molar-refractivity contribution < 1.29 is 41.8 Å². The van der Waals surface area contributed by atoms with Crippen molar-refractivity contribution in [3.05, 3.63) is 66.1 Å². The summed E-state index contributed by atoms with van der Waals surface area (Å²) in [4.78, 5) is 42.8. The third kappa shape index (κ3) is 6.21. The van der Waals surface area contributed by atoms with E-state index in [4.69, 9.17) is 9.15 Å². The Morgan fingerprint density at radius 3 is 2.39 bits per heavy atom. The first kappa shape index (κ1) is 28.2. The average molecular weight is 572 g/mol. The zero-order valence-corrected chi connectivity index (χ0v) is 21.9. The van der Waals surface area contributed by atoms with Crippen LogP contribution in [0.2, 0.25) is 0 Å². The fraction of sp³-hybridized carbons (Fsp3) is 0.379. The van der Waals surface area contributed by atoms with Gasteiger partial charge in [-0.25, -0.2) is 4.98 Å². The number of ether oxygens (including phenoxy) is 1. The van der Waals surface area contributed by atoms with Gasteiger partial charge in [-0.2, -0.15) is 13.2 Å². The van der Waals surface area contributed by atoms with Gasteiger partial charge in [0.2, 0.25) is 17.6 Å². The molecule has 0 spiro atoms. The van der Waals surface area contributed by atoms with Crippen molar-refractivity contribution in [1.29, 1.82) is 0 Å². The number of anilines is 1. The fourth-order valence-corrected chi connectivity index (χ4v) is 5.34. The fourth-order valence-electron chi connectivity index (χ4n) is 5.34. The van der Waals surface area contributed by atoms with Crippen LogP contribution in [0.15, 0.2) is 59.0 Å². The number of carboxylic acid groups (broad SMARTS) is 1. The molecule has 216 valence electrons. The number of benzene rings is 2. The van der Waals surface area contributed by atoms with Gasteiger partial charge < -0.3 is 24.5 Å². The van der Waals surface area contributed by atoms with E-state index in [-0.39, 0.29) is 30.0 Å². The molecule has 9 nitrogen and oxygen atoms in total. The minimum absolute atomic E-state index is 0.0160. The van der Waals surface area contributed by atoms with Crippen molar-refractivity contribution in [3.8, 4) is 17.2 Å². The lowest BCUT2D eigenvalue weighted by molar-refractivity contribution is -0.153. The molecule has 2 fully saturated rings. The molecule has 1 aliphatic heterocycles. The van der Waals surface area contributed by atoms with Crippen molar-refractivity contribution in [2.24, 2.45) is 5.41 Å². The van der Waals surface area contributed by atoms with E-state index < -0.39 is 34.9 Å². The number of likely N-dealkylation sites (tertiary alicyclic amines) is 1. The van der Waals surface area contributed by atoms with Gasteiger partial charge in [-0.1, -0.05) is 31.0 Å². The Morgan fingerprint density at radius 1 is 1.07 bits per heavy atom. The van der Waals surface area contributed by atoms with Crippen LogP contribution < -0.4 is 10.1 Å². The van der Waals surface area contributed by atoms with Crippen molar-refractivity contribution in [2.75, 3.05) is 18.4 Å². The first-order valence-corrected chi connectivity index (χ1v) is 13.3. The van der Waals surface area contributed by atoms with Crippen molar-refractivity contribution in [1.82, 2.24) is 9.88 Å². The number of oxazole rings is 1. The van der Waals surface area contributed by atoms with Gasteiger partial charge in [0.15, 0.2) is 5.69 Å². The number of nitrogens with zero attached hydrogens (tertiary/aromatic N) is 2. The number of nitrogens with one attached hydrogen (secondary N) is 1. The van der Waals surface area contributed by atoms with E-state index in [9.17, 15) is 32.7 Å². The molecule has 1 atom stereocenters. The number of carboxylic acids is 1. The maximum absolute atomic E-state index is 13.6. The highest BCUT2D eigenvalue weighted by atomic mass is 19.4. The summed E-state index contributed by atoms with van der Waals surface area (Å²) < 4.78 is 51.6. The highest BCUT2D eigenvalue weighted by Crippen LogP contribution is 2.42. The summed E-state index contributed by atoms with van der Waals surface area (Å²) in [5.74, 6) is -3.56. The van der Waals surface area contributed by atoms with E-state index >= 15 is 0 Å². The number of aliphatic carboxylic acids is 1. The molecule has 2 N–H and O–H groups in total. The number of hydrogen-bond acceptors (Lipinski definition) is 6. The molecule has 1 unspecified atom stereocenters. The number of aromatic nitrogens is 1. The van der Waals surface area contributed by atoms with Crippen LogP contribution in [0.5, 0.6) is 5.75 Å². The molecule has 2 heterocycles. The Morgan fingerprint density at radius 2 is 1.76 bits per heavy atom. The molecule has 1 saturated carbocycles. The quantitative estimate of drug-likeness (QED) is 0.360. The van der Waals surface area contributed by atoms with E-state index in [2.05, 4.69) is 10.3 Å². The van der Waals surface area contributed by atoms with Crippen LogP contribution >= 0.6 is 0 Å². The minimum Gasteiger partial charge on any atom is -0.489 e. The third-order valence-electron chi connectivity index (χ3n) is 7.54. The van der Waals surface area contributed by atoms with Crippen LogP contribution in [0.4, 0.5) is 18.9 Å². The van der Waals surface area contributed by atoms with Gasteiger partial charge in [0.05, 0.1) is 12.0 Å². The maximum Gasteiger partial charge on any atom is 0.452 e. The van der Waals surface area contributed by atoms with Gasteiger partial charge in [-0.05, 0) is 49.2 Å². The van der Waals surface area contributed by atoms with Crippen LogP contribution in [-0.4, -0.2) is 52.0 Å². The molecular weight excluding hydrogens is 543 g/mol. The van der Waals surface area contributed by atoms with E-state index in [1.807, 2.05) is 0 Å². The van der Waals surface area contributed by atoms with Crippen LogP contribution in [0.1, 0.15) is 54.8 Å². The van der Waals surface area contributed by atoms with Crippen molar-refractivity contribution in [3.63, 3.8) is 0 Å². The second kappa shape index (κ2) is 11.3. The summed E-state index contributed by atoms with van der Waals surface area (Å²) in [6, 6.07) is 14.0. The lowest BCUT2D eigenvalue weighted by atomic mass is 9.82. The van der Waals surface area contributed by atoms with Gasteiger partial charge in [0, 0.05) is 30.6 Å². The number of carbonyl (C=O) groups excluding carboxylic acids is 2. The van der Waals surface area contributed by atoms with Gasteiger partial charge in [-0.15, -0.1) is 0 Å². The van der Waals surface area contributed by atoms with Crippen LogP contribution in [-0.2, 0) is 15.8 Å². The largest absolute Gasteiger partial charge is 0.489 e. The predicted octanol–water partition coefficient (Wildman–Crippen LogP) is 5.63. The Labute approximate surface area is 233 Å². The molecule has 0 bridgehead atoms. The molecule has 12 heteroatoms. The molecule has 41 heavy (non-hydrogen) atoms. The molecule has 2 amide bonds. The summed E-state index contributed by atoms with van der Waals surface area (Å²) >= 11 is 0. The summed E-state index contributed by atoms with van der Waals surface area (Å²) in [5, 5.41) is 12.1. The number of amides is 2. The average Bonchev–Trinajstić information content (AvgIpc) is 3.70. The number of rotatable bonds is 8. The molecule has 1 saturated heterocycles. The summed E-state index contributed by atoms with van der Waals surface area (Å²) in [5.41, 5.74) is -1.34. The molecule has 1 aliphatic carbocycles. The normalized spacial score (nSPS) is 18.3. The van der Waals surface area contributed by atoms with Gasteiger partial charge in [0.1, 0.15) is 11.9 Å². The molecule has 2 aromatic carbocycles. The number of alkyl halides is 3. The van der Waals surface area contributed by atoms with Gasteiger partial charge in [-0.3, -0.25) is 14.4 Å². The van der Waals surface area contributed by atoms with E-state index in [1.165, 1.54) is 24.3 Å². The zero-order valence-electron chi connectivity index (χ0n) is 21.9. The van der Waals surface area contributed by atoms with Crippen molar-refractivity contribution in [2.45, 2.75) is 50.8 Å². The topological polar surface area (TPSA) is 122 Å². The maximum atomic E-state index is 13.6. The monoisotopic (exact) mass is 571 g/mol. The van der Waals surface area contributed by atoms with Gasteiger partial charge >= 0.3 is 12.1 Å². The lowest BCUT2D eigenvalue weighted by Gasteiger charge is -2.26. The second-order valence-electron chi connectivity index (χ2n) is 10.4. The Hall–Kier alpha value is -4.35. The minimum atomic E-state index is -4.92. The molecule has 1 aromatic heterocycles. The lowest BCUT2D eigenvalue weighted by Crippen LogP contribution is -2.38. The Kier molecular flexibility index (Phi) is 7.74. The standard InChI is InChI=1S/C29H28F3N3O6/c30-29(31,32)24-23(34-26(41-24)18-6-2-1-3-7-18)25(37)33-19-8-10-20(11-9-19)40-21-12-15-35(17-21)22(36)16-28(27(38)39)13-4-5-14-28/h1-3,6-11,21H,4-5,12-17H2,(H,33,37)(H,38,39). The Bertz CT molecular complexity index is 1420. The Balaban J connectivity index is 1.19. The molecule has 3 aromatic rings. The summed E-state index contributed by atoms with van der Waals surface area (Å²) in [7, 11) is 0.